The Kier molecular flexibility index (Phi) is 26.8. The van der Waals surface area contributed by atoms with Crippen molar-refractivity contribution >= 4 is 11.9 Å². The molecule has 0 saturated carbocycles. The van der Waals surface area contributed by atoms with Gasteiger partial charge < -0.3 is 21.7 Å². The van der Waals surface area contributed by atoms with Crippen LogP contribution in [0.3, 0.4) is 0 Å². The van der Waals surface area contributed by atoms with Gasteiger partial charge in [0.1, 0.15) is 0 Å². The summed E-state index contributed by atoms with van der Waals surface area (Å²) in [6.07, 6.45) is 19.1. The Balaban J connectivity index is 0. The lowest BCUT2D eigenvalue weighted by Gasteiger charge is -2.00. The van der Waals surface area contributed by atoms with E-state index in [1.165, 1.54) is 64.2 Å². The van der Waals surface area contributed by atoms with E-state index in [0.29, 0.717) is 12.8 Å². The van der Waals surface area contributed by atoms with Crippen LogP contribution in [-0.4, -0.2) is 35.2 Å². The fraction of sp³-hybridized carbons (Fsp3) is 0.909. The highest BCUT2D eigenvalue weighted by Crippen LogP contribution is 2.10. The number of carbonyl (C=O) groups is 2. The number of rotatable bonds is 20. The van der Waals surface area contributed by atoms with Gasteiger partial charge in [-0.05, 0) is 38.8 Å². The Morgan fingerprint density at radius 1 is 0.429 bits per heavy atom. The molecule has 0 aliphatic carbocycles. The van der Waals surface area contributed by atoms with Gasteiger partial charge in [0.2, 0.25) is 0 Å². The normalized spacial score (nSPS) is 10.4. The van der Waals surface area contributed by atoms with Crippen molar-refractivity contribution in [2.45, 2.75) is 116 Å². The zero-order chi connectivity index (χ0) is 21.3. The zero-order valence-electron chi connectivity index (χ0n) is 18.0. The average molecular weight is 403 g/mol. The number of hydrogen-bond acceptors (Lipinski definition) is 4. The van der Waals surface area contributed by atoms with Gasteiger partial charge in [0, 0.05) is 12.8 Å². The third-order valence-electron chi connectivity index (χ3n) is 4.69. The van der Waals surface area contributed by atoms with Crippen LogP contribution < -0.4 is 11.5 Å². The van der Waals surface area contributed by atoms with Crippen LogP contribution in [0.15, 0.2) is 0 Å². The molecule has 6 heteroatoms. The number of carboxylic acid groups (broad SMARTS) is 2. The molecule has 0 amide bonds. The summed E-state index contributed by atoms with van der Waals surface area (Å²) in [5, 5.41) is 16.8. The van der Waals surface area contributed by atoms with E-state index >= 15 is 0 Å². The molecule has 6 N–H and O–H groups in total. The fourth-order valence-corrected chi connectivity index (χ4v) is 2.96. The van der Waals surface area contributed by atoms with E-state index in [1.54, 1.807) is 0 Å². The molecule has 0 fully saturated rings. The zero-order valence-corrected chi connectivity index (χ0v) is 18.0. The summed E-state index contributed by atoms with van der Waals surface area (Å²) in [5.74, 6) is -1.35. The molecule has 0 bridgehead atoms. The van der Waals surface area contributed by atoms with Crippen molar-refractivity contribution in [2.75, 3.05) is 13.1 Å². The molecule has 0 heterocycles. The number of unbranched alkanes of at least 4 members (excludes halogenated alkanes) is 14. The summed E-state index contributed by atoms with van der Waals surface area (Å²) >= 11 is 0. The van der Waals surface area contributed by atoms with Crippen LogP contribution in [-0.2, 0) is 9.59 Å². The molecule has 0 rings (SSSR count). The molecule has 168 valence electrons. The monoisotopic (exact) mass is 402 g/mol. The maximum absolute atomic E-state index is 10.2. The highest BCUT2D eigenvalue weighted by Gasteiger charge is 1.97. The van der Waals surface area contributed by atoms with E-state index in [2.05, 4.69) is 0 Å². The minimum atomic E-state index is -0.673. The van der Waals surface area contributed by atoms with Gasteiger partial charge in [-0.2, -0.15) is 0 Å². The molecule has 0 spiro atoms. The van der Waals surface area contributed by atoms with Crippen LogP contribution in [0.25, 0.3) is 0 Å². The third-order valence-corrected chi connectivity index (χ3v) is 4.69. The molecule has 6 nitrogen and oxygen atoms in total. The highest BCUT2D eigenvalue weighted by atomic mass is 16.4. The quantitative estimate of drug-likeness (QED) is 0.210. The number of hydrogen-bond donors (Lipinski definition) is 4. The SMILES string of the molecule is NCCCCCCCCCCC(=O)O.NCCCCCCCCCCC(=O)O. The van der Waals surface area contributed by atoms with E-state index < -0.39 is 11.9 Å². The molecular formula is C22H46N2O4. The van der Waals surface area contributed by atoms with Crippen LogP contribution in [0, 0.1) is 0 Å². The molecule has 0 atom stereocenters. The van der Waals surface area contributed by atoms with Crippen molar-refractivity contribution in [2.24, 2.45) is 11.5 Å². The predicted octanol–water partition coefficient (Wildman–Crippen LogP) is 5.08. The Hall–Kier alpha value is -1.14. The maximum atomic E-state index is 10.2. The summed E-state index contributed by atoms with van der Waals surface area (Å²) < 4.78 is 0. The largest absolute Gasteiger partial charge is 0.481 e. The maximum Gasteiger partial charge on any atom is 0.303 e. The average Bonchev–Trinajstić information content (AvgIpc) is 2.65. The first-order valence-electron chi connectivity index (χ1n) is 11.4. The van der Waals surface area contributed by atoms with Crippen LogP contribution in [0.4, 0.5) is 0 Å². The predicted molar refractivity (Wildman–Crippen MR) is 116 cm³/mol. The van der Waals surface area contributed by atoms with Gasteiger partial charge in [-0.25, -0.2) is 0 Å². The number of aliphatic carboxylic acids is 2. The lowest BCUT2D eigenvalue weighted by atomic mass is 10.1. The Bertz CT molecular complexity index is 306. The van der Waals surface area contributed by atoms with E-state index in [4.69, 9.17) is 21.7 Å². The van der Waals surface area contributed by atoms with E-state index in [1.807, 2.05) is 0 Å². The van der Waals surface area contributed by atoms with Gasteiger partial charge in [-0.1, -0.05) is 77.0 Å². The van der Waals surface area contributed by atoms with Crippen molar-refractivity contribution in [1.29, 1.82) is 0 Å². The van der Waals surface area contributed by atoms with E-state index in [0.717, 1.165) is 51.6 Å². The summed E-state index contributed by atoms with van der Waals surface area (Å²) in [5.41, 5.74) is 10.8. The van der Waals surface area contributed by atoms with E-state index in [-0.39, 0.29) is 0 Å². The molecule has 28 heavy (non-hydrogen) atoms. The van der Waals surface area contributed by atoms with Crippen molar-refractivity contribution in [3.63, 3.8) is 0 Å². The first kappa shape index (κ1) is 29.1. The standard InChI is InChI=1S/2C11H23NO2/c2*12-10-8-6-4-2-1-3-5-7-9-11(13)14/h2*1-10,12H2,(H,13,14). The summed E-state index contributed by atoms with van der Waals surface area (Å²) in [6.45, 7) is 1.61. The smallest absolute Gasteiger partial charge is 0.303 e. The molecule has 0 aliphatic rings. The molecular weight excluding hydrogens is 356 g/mol. The van der Waals surface area contributed by atoms with Gasteiger partial charge in [0.15, 0.2) is 0 Å². The first-order valence-corrected chi connectivity index (χ1v) is 11.4. The topological polar surface area (TPSA) is 127 Å². The van der Waals surface area contributed by atoms with Gasteiger partial charge in [-0.15, -0.1) is 0 Å². The lowest BCUT2D eigenvalue weighted by Crippen LogP contribution is -1.97. The van der Waals surface area contributed by atoms with Crippen molar-refractivity contribution in [1.82, 2.24) is 0 Å². The summed E-state index contributed by atoms with van der Waals surface area (Å²) in [6, 6.07) is 0. The lowest BCUT2D eigenvalue weighted by molar-refractivity contribution is -0.138. The molecule has 0 saturated heterocycles. The third kappa shape index (κ3) is 32.5. The van der Waals surface area contributed by atoms with Gasteiger partial charge in [0.05, 0.1) is 0 Å². The second kappa shape index (κ2) is 25.9. The number of nitrogens with two attached hydrogens (primary N) is 2. The molecule has 0 aromatic carbocycles. The second-order valence-electron chi connectivity index (χ2n) is 7.52. The molecule has 0 aromatic heterocycles. The van der Waals surface area contributed by atoms with Crippen molar-refractivity contribution < 1.29 is 19.8 Å². The van der Waals surface area contributed by atoms with Crippen LogP contribution in [0.5, 0.6) is 0 Å². The summed E-state index contributed by atoms with van der Waals surface area (Å²) in [7, 11) is 0. The molecule has 0 aliphatic heterocycles. The number of carboxylic acids is 2. The second-order valence-corrected chi connectivity index (χ2v) is 7.52. The molecule has 0 aromatic rings. The summed E-state index contributed by atoms with van der Waals surface area (Å²) in [4.78, 5) is 20.4. The van der Waals surface area contributed by atoms with Crippen LogP contribution in [0.1, 0.15) is 116 Å². The Labute approximate surface area is 172 Å². The first-order chi connectivity index (χ1) is 13.5. The van der Waals surface area contributed by atoms with Gasteiger partial charge in [-0.3, -0.25) is 9.59 Å². The molecule has 0 radical (unpaired) electrons. The van der Waals surface area contributed by atoms with E-state index in [9.17, 15) is 9.59 Å². The van der Waals surface area contributed by atoms with Crippen molar-refractivity contribution in [3.8, 4) is 0 Å². The molecule has 0 unspecified atom stereocenters. The van der Waals surface area contributed by atoms with Gasteiger partial charge >= 0.3 is 11.9 Å². The van der Waals surface area contributed by atoms with Crippen molar-refractivity contribution in [3.05, 3.63) is 0 Å². The highest BCUT2D eigenvalue weighted by molar-refractivity contribution is 5.66. The Morgan fingerprint density at radius 3 is 0.857 bits per heavy atom. The van der Waals surface area contributed by atoms with Crippen LogP contribution >= 0.6 is 0 Å². The van der Waals surface area contributed by atoms with Crippen LogP contribution in [0.2, 0.25) is 0 Å². The minimum Gasteiger partial charge on any atom is -0.481 e. The Morgan fingerprint density at radius 2 is 0.643 bits per heavy atom. The fourth-order valence-electron chi connectivity index (χ4n) is 2.96. The minimum absolute atomic E-state index is 0.327. The van der Waals surface area contributed by atoms with Gasteiger partial charge in [0.25, 0.3) is 0 Å².